The van der Waals surface area contributed by atoms with Crippen LogP contribution >= 0.6 is 0 Å². The van der Waals surface area contributed by atoms with Crippen LogP contribution in [0.1, 0.15) is 25.3 Å². The highest BCUT2D eigenvalue weighted by atomic mass is 15.0. The van der Waals surface area contributed by atoms with Gasteiger partial charge in [-0.1, -0.05) is 13.0 Å². The van der Waals surface area contributed by atoms with Gasteiger partial charge < -0.3 is 10.6 Å². The van der Waals surface area contributed by atoms with E-state index in [1.807, 2.05) is 6.20 Å². The fraction of sp³-hybridized carbons (Fsp3) is 0.615. The number of nitrogens with one attached hydrogen (secondary N) is 2. The summed E-state index contributed by atoms with van der Waals surface area (Å²) in [6.07, 6.45) is 4.47. The predicted octanol–water partition coefficient (Wildman–Crippen LogP) is 2.19. The number of aryl methyl sites for hydroxylation is 1. The summed E-state index contributed by atoms with van der Waals surface area (Å²) in [5.41, 5.74) is 1.57. The standard InChI is InChI=1S/C13H21N3/c1-11-4-5-12(15-8-11)16-10-13(2)6-3-7-14-9-13/h4-5,8,14H,3,6-7,9-10H2,1-2H3,(H,15,16). The monoisotopic (exact) mass is 219 g/mol. The molecule has 0 aromatic carbocycles. The largest absolute Gasteiger partial charge is 0.369 e. The van der Waals surface area contributed by atoms with Gasteiger partial charge in [-0.05, 0) is 43.4 Å². The fourth-order valence-electron chi connectivity index (χ4n) is 2.15. The van der Waals surface area contributed by atoms with Crippen molar-refractivity contribution in [2.75, 3.05) is 25.0 Å². The molecule has 1 saturated heterocycles. The maximum atomic E-state index is 4.36. The molecule has 2 rings (SSSR count). The number of rotatable bonds is 3. The lowest BCUT2D eigenvalue weighted by Gasteiger charge is -2.34. The molecular formula is C13H21N3. The highest BCUT2D eigenvalue weighted by molar-refractivity contribution is 5.35. The summed E-state index contributed by atoms with van der Waals surface area (Å²) in [5.74, 6) is 0.984. The Morgan fingerprint density at radius 1 is 1.50 bits per heavy atom. The van der Waals surface area contributed by atoms with Crippen molar-refractivity contribution in [3.8, 4) is 0 Å². The molecule has 0 bridgehead atoms. The van der Waals surface area contributed by atoms with E-state index in [0.29, 0.717) is 5.41 Å². The Morgan fingerprint density at radius 3 is 3.00 bits per heavy atom. The predicted molar refractivity (Wildman–Crippen MR) is 67.7 cm³/mol. The number of hydrogen-bond donors (Lipinski definition) is 2. The molecule has 2 heterocycles. The lowest BCUT2D eigenvalue weighted by Crippen LogP contribution is -2.42. The Hall–Kier alpha value is -1.09. The molecule has 1 aromatic heterocycles. The highest BCUT2D eigenvalue weighted by Gasteiger charge is 2.26. The summed E-state index contributed by atoms with van der Waals surface area (Å²) in [5, 5.41) is 6.89. The molecule has 2 N–H and O–H groups in total. The van der Waals surface area contributed by atoms with E-state index in [4.69, 9.17) is 0 Å². The van der Waals surface area contributed by atoms with Crippen molar-refractivity contribution in [1.29, 1.82) is 0 Å². The molecular weight excluding hydrogens is 198 g/mol. The van der Waals surface area contributed by atoms with Crippen LogP contribution in [0.15, 0.2) is 18.3 Å². The van der Waals surface area contributed by atoms with Crippen molar-refractivity contribution in [3.05, 3.63) is 23.9 Å². The van der Waals surface area contributed by atoms with Gasteiger partial charge >= 0.3 is 0 Å². The molecule has 0 amide bonds. The molecule has 16 heavy (non-hydrogen) atoms. The summed E-state index contributed by atoms with van der Waals surface area (Å²) in [6.45, 7) is 7.66. The number of aromatic nitrogens is 1. The summed E-state index contributed by atoms with van der Waals surface area (Å²) in [7, 11) is 0. The van der Waals surface area contributed by atoms with E-state index < -0.39 is 0 Å². The third kappa shape index (κ3) is 2.95. The van der Waals surface area contributed by atoms with E-state index in [2.05, 4.69) is 41.6 Å². The molecule has 0 spiro atoms. The fourth-order valence-corrected chi connectivity index (χ4v) is 2.15. The second kappa shape index (κ2) is 4.83. The highest BCUT2D eigenvalue weighted by Crippen LogP contribution is 2.25. The molecule has 0 radical (unpaired) electrons. The van der Waals surface area contributed by atoms with Gasteiger partial charge in [0.2, 0.25) is 0 Å². The minimum Gasteiger partial charge on any atom is -0.369 e. The molecule has 3 nitrogen and oxygen atoms in total. The first-order valence-electron chi connectivity index (χ1n) is 6.05. The van der Waals surface area contributed by atoms with Gasteiger partial charge in [0.15, 0.2) is 0 Å². The van der Waals surface area contributed by atoms with Crippen molar-refractivity contribution in [1.82, 2.24) is 10.3 Å². The van der Waals surface area contributed by atoms with Crippen LogP contribution in [-0.2, 0) is 0 Å². The van der Waals surface area contributed by atoms with E-state index >= 15 is 0 Å². The topological polar surface area (TPSA) is 37.0 Å². The maximum absolute atomic E-state index is 4.36. The normalized spacial score (nSPS) is 25.4. The number of nitrogens with zero attached hydrogens (tertiary/aromatic N) is 1. The minimum atomic E-state index is 0.366. The zero-order chi connectivity index (χ0) is 11.4. The van der Waals surface area contributed by atoms with Gasteiger partial charge in [0.05, 0.1) is 0 Å². The van der Waals surface area contributed by atoms with Crippen LogP contribution in [0.3, 0.4) is 0 Å². The third-order valence-electron chi connectivity index (χ3n) is 3.29. The Morgan fingerprint density at radius 2 is 2.38 bits per heavy atom. The summed E-state index contributed by atoms with van der Waals surface area (Å²) < 4.78 is 0. The van der Waals surface area contributed by atoms with Gasteiger partial charge in [-0.25, -0.2) is 4.98 Å². The van der Waals surface area contributed by atoms with E-state index in [-0.39, 0.29) is 0 Å². The molecule has 0 saturated carbocycles. The van der Waals surface area contributed by atoms with Crippen LogP contribution in [-0.4, -0.2) is 24.6 Å². The van der Waals surface area contributed by atoms with E-state index in [9.17, 15) is 0 Å². The smallest absolute Gasteiger partial charge is 0.125 e. The van der Waals surface area contributed by atoms with Crippen LogP contribution in [0.4, 0.5) is 5.82 Å². The van der Waals surface area contributed by atoms with Crippen LogP contribution in [0.2, 0.25) is 0 Å². The lowest BCUT2D eigenvalue weighted by atomic mass is 9.83. The quantitative estimate of drug-likeness (QED) is 0.818. The molecule has 1 aliphatic heterocycles. The zero-order valence-corrected chi connectivity index (χ0v) is 10.2. The van der Waals surface area contributed by atoms with Crippen molar-refractivity contribution >= 4 is 5.82 Å². The first-order chi connectivity index (χ1) is 7.68. The van der Waals surface area contributed by atoms with Crippen LogP contribution < -0.4 is 10.6 Å². The number of piperidine rings is 1. The van der Waals surface area contributed by atoms with Crippen LogP contribution in [0.25, 0.3) is 0 Å². The van der Waals surface area contributed by atoms with Gasteiger partial charge in [0.1, 0.15) is 5.82 Å². The van der Waals surface area contributed by atoms with E-state index in [1.165, 1.54) is 24.9 Å². The molecule has 3 heteroatoms. The maximum Gasteiger partial charge on any atom is 0.125 e. The van der Waals surface area contributed by atoms with Gasteiger partial charge in [0.25, 0.3) is 0 Å². The minimum absolute atomic E-state index is 0.366. The van der Waals surface area contributed by atoms with Gasteiger partial charge in [-0.15, -0.1) is 0 Å². The molecule has 1 atom stereocenters. The first-order valence-corrected chi connectivity index (χ1v) is 6.05. The van der Waals surface area contributed by atoms with Gasteiger partial charge in [0, 0.05) is 19.3 Å². The number of pyridine rings is 1. The Bertz CT molecular complexity index is 326. The average Bonchev–Trinajstić information content (AvgIpc) is 2.29. The summed E-state index contributed by atoms with van der Waals surface area (Å²) >= 11 is 0. The molecule has 88 valence electrons. The number of hydrogen-bond acceptors (Lipinski definition) is 3. The summed E-state index contributed by atoms with van der Waals surface area (Å²) in [4.78, 5) is 4.36. The SMILES string of the molecule is Cc1ccc(NCC2(C)CCCNC2)nc1. The second-order valence-electron chi connectivity index (χ2n) is 5.17. The van der Waals surface area contributed by atoms with Crippen molar-refractivity contribution < 1.29 is 0 Å². The van der Waals surface area contributed by atoms with E-state index in [1.54, 1.807) is 0 Å². The molecule has 0 aliphatic carbocycles. The molecule has 1 aliphatic rings. The van der Waals surface area contributed by atoms with Crippen molar-refractivity contribution in [2.45, 2.75) is 26.7 Å². The first kappa shape index (κ1) is 11.4. The molecule has 1 fully saturated rings. The van der Waals surface area contributed by atoms with Crippen molar-refractivity contribution in [3.63, 3.8) is 0 Å². The zero-order valence-electron chi connectivity index (χ0n) is 10.2. The van der Waals surface area contributed by atoms with Gasteiger partial charge in [-0.2, -0.15) is 0 Å². The Balaban J connectivity index is 1.88. The Kier molecular flexibility index (Phi) is 3.44. The molecule has 1 aromatic rings. The second-order valence-corrected chi connectivity index (χ2v) is 5.17. The summed E-state index contributed by atoms with van der Waals surface area (Å²) in [6, 6.07) is 4.14. The van der Waals surface area contributed by atoms with E-state index in [0.717, 1.165) is 18.9 Å². The van der Waals surface area contributed by atoms with Crippen molar-refractivity contribution in [2.24, 2.45) is 5.41 Å². The lowest BCUT2D eigenvalue weighted by molar-refractivity contribution is 0.253. The van der Waals surface area contributed by atoms with Crippen LogP contribution in [0.5, 0.6) is 0 Å². The average molecular weight is 219 g/mol. The van der Waals surface area contributed by atoms with Crippen LogP contribution in [0, 0.1) is 12.3 Å². The molecule has 1 unspecified atom stereocenters. The van der Waals surface area contributed by atoms with Gasteiger partial charge in [-0.3, -0.25) is 0 Å². The number of anilines is 1. The third-order valence-corrected chi connectivity index (χ3v) is 3.29. The Labute approximate surface area is 97.7 Å².